The second-order valence-electron chi connectivity index (χ2n) is 11.3. The molecule has 44 heavy (non-hydrogen) atoms. The number of rotatable bonds is 18. The lowest BCUT2D eigenvalue weighted by molar-refractivity contribution is 0.292. The number of hydrogen-bond acceptors (Lipinski definition) is 2. The van der Waals surface area contributed by atoms with Gasteiger partial charge in [-0.25, -0.2) is 17.6 Å². The van der Waals surface area contributed by atoms with Crippen LogP contribution in [0.4, 0.5) is 17.6 Å². The zero-order valence-electron chi connectivity index (χ0n) is 25.5. The second-order valence-corrected chi connectivity index (χ2v) is 11.3. The van der Waals surface area contributed by atoms with Crippen molar-refractivity contribution in [1.82, 2.24) is 0 Å². The van der Waals surface area contributed by atoms with E-state index < -0.39 is 0 Å². The van der Waals surface area contributed by atoms with Crippen molar-refractivity contribution >= 4 is 0 Å². The summed E-state index contributed by atoms with van der Waals surface area (Å²) in [6.07, 6.45) is 11.1. The van der Waals surface area contributed by atoms with Crippen LogP contribution in [0.3, 0.4) is 0 Å². The van der Waals surface area contributed by atoms with Gasteiger partial charge in [-0.05, 0) is 78.4 Å². The average molecular weight is 607 g/mol. The molecule has 0 unspecified atom stereocenters. The molecule has 2 nitrogen and oxygen atoms in total. The third-order valence-electron chi connectivity index (χ3n) is 7.94. The molecule has 4 aromatic rings. The molecule has 0 aromatic heterocycles. The zero-order chi connectivity index (χ0) is 31.1. The van der Waals surface area contributed by atoms with Crippen molar-refractivity contribution in [2.45, 2.75) is 71.1 Å². The molecular weight excluding hydrogens is 564 g/mol. The van der Waals surface area contributed by atoms with Crippen LogP contribution in [0.5, 0.6) is 11.5 Å². The van der Waals surface area contributed by atoms with E-state index in [2.05, 4.69) is 6.92 Å². The summed E-state index contributed by atoms with van der Waals surface area (Å²) in [5, 5.41) is 0. The molecule has 0 aliphatic rings. The van der Waals surface area contributed by atoms with Crippen LogP contribution in [0.15, 0.2) is 84.9 Å². The molecule has 0 aliphatic carbocycles. The molecule has 0 spiro atoms. The van der Waals surface area contributed by atoms with E-state index in [1.54, 1.807) is 48.5 Å². The Hall–Kier alpha value is -3.80. The lowest BCUT2D eigenvalue weighted by atomic mass is 9.91. The molecule has 4 rings (SSSR count). The SMILES string of the molecule is CCCC(CCCCCOc1ccc(-c2ccc(F)cc2)c(F)c1)CCCCCOc1ccc(-c2ccc(F)cc2)c(F)c1. The topological polar surface area (TPSA) is 18.5 Å². The smallest absolute Gasteiger partial charge is 0.134 e. The first-order valence-electron chi connectivity index (χ1n) is 15.8. The van der Waals surface area contributed by atoms with Crippen molar-refractivity contribution in [3.05, 3.63) is 108 Å². The normalized spacial score (nSPS) is 11.2. The Morgan fingerprint density at radius 3 is 1.32 bits per heavy atom. The highest BCUT2D eigenvalue weighted by Crippen LogP contribution is 2.28. The first kappa shape index (κ1) is 33.1. The molecular formula is C38H42F4O2. The molecule has 0 fully saturated rings. The highest BCUT2D eigenvalue weighted by atomic mass is 19.1. The van der Waals surface area contributed by atoms with Crippen molar-refractivity contribution in [1.29, 1.82) is 0 Å². The van der Waals surface area contributed by atoms with Gasteiger partial charge in [0.15, 0.2) is 0 Å². The summed E-state index contributed by atoms with van der Waals surface area (Å²) in [4.78, 5) is 0. The van der Waals surface area contributed by atoms with E-state index in [0.717, 1.165) is 38.5 Å². The maximum atomic E-state index is 14.6. The number of ether oxygens (including phenoxy) is 2. The van der Waals surface area contributed by atoms with Gasteiger partial charge in [-0.1, -0.05) is 82.6 Å². The van der Waals surface area contributed by atoms with Crippen LogP contribution in [-0.4, -0.2) is 13.2 Å². The monoisotopic (exact) mass is 606 g/mol. The van der Waals surface area contributed by atoms with E-state index in [-0.39, 0.29) is 23.3 Å². The Labute approximate surface area is 259 Å². The summed E-state index contributed by atoms with van der Waals surface area (Å²) in [6, 6.07) is 21.2. The van der Waals surface area contributed by atoms with Crippen LogP contribution < -0.4 is 9.47 Å². The maximum Gasteiger partial charge on any atom is 0.134 e. The Balaban J connectivity index is 1.07. The van der Waals surface area contributed by atoms with Gasteiger partial charge in [0.2, 0.25) is 0 Å². The van der Waals surface area contributed by atoms with E-state index >= 15 is 0 Å². The molecule has 0 atom stereocenters. The number of hydrogen-bond donors (Lipinski definition) is 0. The number of halogens is 4. The van der Waals surface area contributed by atoms with Gasteiger partial charge in [0.1, 0.15) is 34.8 Å². The molecule has 0 amide bonds. The standard InChI is InChI=1S/C38H42F4O2/c1-2-9-28(10-5-3-7-24-43-33-20-22-35(37(41)26-33)29-12-16-31(39)17-13-29)11-6-4-8-25-44-34-21-23-36(38(42)27-34)30-14-18-32(40)19-15-30/h12-23,26-28H,2-11,24-25H2,1H3. The van der Waals surface area contributed by atoms with Crippen molar-refractivity contribution in [3.8, 4) is 33.8 Å². The molecule has 0 N–H and O–H groups in total. The number of unbranched alkanes of at least 4 members (excludes halogenated alkanes) is 4. The third kappa shape index (κ3) is 10.4. The van der Waals surface area contributed by atoms with Crippen LogP contribution in [0.2, 0.25) is 0 Å². The summed E-state index contributed by atoms with van der Waals surface area (Å²) < 4.78 is 67.0. The second kappa shape index (κ2) is 17.5. The number of benzene rings is 4. The van der Waals surface area contributed by atoms with E-state index in [1.165, 1.54) is 62.1 Å². The van der Waals surface area contributed by atoms with Crippen LogP contribution in [0.25, 0.3) is 22.3 Å². The average Bonchev–Trinajstić information content (AvgIpc) is 3.02. The van der Waals surface area contributed by atoms with Gasteiger partial charge in [0, 0.05) is 23.3 Å². The molecule has 0 bridgehead atoms. The van der Waals surface area contributed by atoms with Crippen LogP contribution in [0.1, 0.15) is 71.1 Å². The predicted octanol–water partition coefficient (Wildman–Crippen LogP) is 11.6. The molecule has 6 heteroatoms. The van der Waals surface area contributed by atoms with E-state index in [1.807, 2.05) is 0 Å². The maximum absolute atomic E-state index is 14.6. The van der Waals surface area contributed by atoms with Gasteiger partial charge < -0.3 is 9.47 Å². The third-order valence-corrected chi connectivity index (χ3v) is 7.94. The minimum Gasteiger partial charge on any atom is -0.493 e. The van der Waals surface area contributed by atoms with Gasteiger partial charge in [-0.2, -0.15) is 0 Å². The summed E-state index contributed by atoms with van der Waals surface area (Å²) in [5.74, 6) is 0.272. The summed E-state index contributed by atoms with van der Waals surface area (Å²) >= 11 is 0. The van der Waals surface area contributed by atoms with Crippen molar-refractivity contribution in [2.24, 2.45) is 5.92 Å². The fourth-order valence-corrected chi connectivity index (χ4v) is 5.54. The molecule has 234 valence electrons. The van der Waals surface area contributed by atoms with Crippen molar-refractivity contribution in [3.63, 3.8) is 0 Å². The highest BCUT2D eigenvalue weighted by molar-refractivity contribution is 5.65. The Morgan fingerprint density at radius 1 is 0.500 bits per heavy atom. The first-order chi connectivity index (χ1) is 21.4. The van der Waals surface area contributed by atoms with Gasteiger partial charge >= 0.3 is 0 Å². The summed E-state index contributed by atoms with van der Waals surface area (Å²) in [5.41, 5.74) is 2.12. The lowest BCUT2D eigenvalue weighted by Gasteiger charge is -2.16. The van der Waals surface area contributed by atoms with Crippen molar-refractivity contribution in [2.75, 3.05) is 13.2 Å². The largest absolute Gasteiger partial charge is 0.493 e. The quantitative estimate of drug-likeness (QED) is 0.0829. The minimum atomic E-state index is -0.380. The van der Waals surface area contributed by atoms with Gasteiger partial charge in [-0.3, -0.25) is 0 Å². The van der Waals surface area contributed by atoms with Gasteiger partial charge in [0.05, 0.1) is 13.2 Å². The molecule has 0 radical (unpaired) electrons. The van der Waals surface area contributed by atoms with Crippen LogP contribution in [-0.2, 0) is 0 Å². The van der Waals surface area contributed by atoms with Gasteiger partial charge in [-0.15, -0.1) is 0 Å². The molecule has 0 aliphatic heterocycles. The molecule has 0 heterocycles. The molecule has 4 aromatic carbocycles. The van der Waals surface area contributed by atoms with Crippen LogP contribution >= 0.6 is 0 Å². The molecule has 0 saturated carbocycles. The summed E-state index contributed by atoms with van der Waals surface area (Å²) in [6.45, 7) is 3.33. The fourth-order valence-electron chi connectivity index (χ4n) is 5.54. The molecule has 0 saturated heterocycles. The minimum absolute atomic E-state index is 0.347. The predicted molar refractivity (Wildman–Crippen MR) is 170 cm³/mol. The van der Waals surface area contributed by atoms with E-state index in [0.29, 0.717) is 52.9 Å². The van der Waals surface area contributed by atoms with Crippen molar-refractivity contribution < 1.29 is 27.0 Å². The summed E-state index contributed by atoms with van der Waals surface area (Å²) in [7, 11) is 0. The lowest BCUT2D eigenvalue weighted by Crippen LogP contribution is -2.03. The Morgan fingerprint density at radius 2 is 0.932 bits per heavy atom. The first-order valence-corrected chi connectivity index (χ1v) is 15.8. The Kier molecular flexibility index (Phi) is 13.2. The highest BCUT2D eigenvalue weighted by Gasteiger charge is 2.10. The Bertz CT molecular complexity index is 1310. The van der Waals surface area contributed by atoms with E-state index in [9.17, 15) is 17.6 Å². The fraction of sp³-hybridized carbons (Fsp3) is 0.368. The van der Waals surface area contributed by atoms with Crippen LogP contribution in [0, 0.1) is 29.2 Å². The zero-order valence-corrected chi connectivity index (χ0v) is 25.5. The van der Waals surface area contributed by atoms with E-state index in [4.69, 9.17) is 9.47 Å². The van der Waals surface area contributed by atoms with Gasteiger partial charge in [0.25, 0.3) is 0 Å².